The second-order valence-corrected chi connectivity index (χ2v) is 3.55. The minimum Gasteiger partial charge on any atom is -0.512 e. The van der Waals surface area contributed by atoms with Crippen LogP contribution in [0.5, 0.6) is 0 Å². The average Bonchev–Trinajstić information content (AvgIpc) is 2.29. The van der Waals surface area contributed by atoms with Gasteiger partial charge < -0.3 is 14.6 Å². The molecular formula is C13H18O6. The molecule has 0 aliphatic heterocycles. The van der Waals surface area contributed by atoms with Crippen LogP contribution < -0.4 is 0 Å². The maximum Gasteiger partial charge on any atom is 0.341 e. The van der Waals surface area contributed by atoms with Gasteiger partial charge in [0.25, 0.3) is 0 Å². The molecular weight excluding hydrogens is 252 g/mol. The molecule has 0 spiro atoms. The zero-order valence-electron chi connectivity index (χ0n) is 11.5. The summed E-state index contributed by atoms with van der Waals surface area (Å²) in [6.07, 6.45) is 0.980. The molecule has 1 N–H and O–H groups in total. The van der Waals surface area contributed by atoms with Crippen LogP contribution in [0.3, 0.4) is 0 Å². The first-order valence-corrected chi connectivity index (χ1v) is 5.81. The van der Waals surface area contributed by atoms with E-state index in [-0.39, 0.29) is 30.1 Å². The topological polar surface area (TPSA) is 89.9 Å². The Hall–Kier alpha value is -2.11. The van der Waals surface area contributed by atoms with Crippen LogP contribution in [0.1, 0.15) is 27.7 Å². The van der Waals surface area contributed by atoms with Gasteiger partial charge in [-0.15, -0.1) is 0 Å². The van der Waals surface area contributed by atoms with Gasteiger partial charge in [-0.3, -0.25) is 4.79 Å². The molecule has 0 aromatic carbocycles. The van der Waals surface area contributed by atoms with Crippen molar-refractivity contribution in [1.82, 2.24) is 0 Å². The third-order valence-corrected chi connectivity index (χ3v) is 2.05. The van der Waals surface area contributed by atoms with Gasteiger partial charge in [0.15, 0.2) is 5.78 Å². The SMILES string of the molecule is CCOC(=O)/C(=C/C(C(=O)OCC)=C(/C)O)C(C)=O. The van der Waals surface area contributed by atoms with Crippen molar-refractivity contribution in [3.8, 4) is 0 Å². The Morgan fingerprint density at radius 1 is 1.00 bits per heavy atom. The molecule has 0 aromatic rings. The minimum absolute atomic E-state index is 0.0972. The molecule has 0 amide bonds. The summed E-state index contributed by atoms with van der Waals surface area (Å²) in [6.45, 7) is 5.82. The standard InChI is InChI=1S/C13H18O6/c1-5-18-12(16)10(8(3)14)7-11(9(4)15)13(17)19-6-2/h7,14H,5-6H2,1-4H3/b10-8+,11-7+. The monoisotopic (exact) mass is 270 g/mol. The molecule has 0 radical (unpaired) electrons. The molecule has 6 heteroatoms. The summed E-state index contributed by atoms with van der Waals surface area (Å²) in [4.78, 5) is 34.5. The summed E-state index contributed by atoms with van der Waals surface area (Å²) in [5.74, 6) is -2.58. The molecule has 0 atom stereocenters. The van der Waals surface area contributed by atoms with Crippen molar-refractivity contribution in [2.75, 3.05) is 13.2 Å². The molecule has 0 fully saturated rings. The molecule has 6 nitrogen and oxygen atoms in total. The Kier molecular flexibility index (Phi) is 7.18. The van der Waals surface area contributed by atoms with Crippen molar-refractivity contribution >= 4 is 17.7 Å². The second kappa shape index (κ2) is 8.07. The summed E-state index contributed by atoms with van der Waals surface area (Å²) in [5, 5.41) is 9.42. The van der Waals surface area contributed by atoms with E-state index in [0.29, 0.717) is 0 Å². The molecule has 0 saturated carbocycles. The van der Waals surface area contributed by atoms with Crippen LogP contribution in [-0.4, -0.2) is 36.0 Å². The molecule has 106 valence electrons. The second-order valence-electron chi connectivity index (χ2n) is 3.55. The van der Waals surface area contributed by atoms with E-state index in [0.717, 1.165) is 13.0 Å². The van der Waals surface area contributed by atoms with Gasteiger partial charge in [0.05, 0.1) is 18.8 Å². The summed E-state index contributed by atoms with van der Waals surface area (Å²) < 4.78 is 9.42. The summed E-state index contributed by atoms with van der Waals surface area (Å²) >= 11 is 0. The lowest BCUT2D eigenvalue weighted by Crippen LogP contribution is -2.16. The Balaban J connectivity index is 5.51. The largest absolute Gasteiger partial charge is 0.512 e. The number of ether oxygens (including phenoxy) is 2. The van der Waals surface area contributed by atoms with Crippen LogP contribution in [0.15, 0.2) is 23.0 Å². The summed E-state index contributed by atoms with van der Waals surface area (Å²) in [5.41, 5.74) is -0.571. The Labute approximate surface area is 111 Å². The van der Waals surface area contributed by atoms with E-state index in [1.54, 1.807) is 13.8 Å². The van der Waals surface area contributed by atoms with Gasteiger partial charge in [-0.1, -0.05) is 0 Å². The molecule has 19 heavy (non-hydrogen) atoms. The van der Waals surface area contributed by atoms with Crippen molar-refractivity contribution in [2.45, 2.75) is 27.7 Å². The fourth-order valence-electron chi connectivity index (χ4n) is 1.18. The first-order valence-electron chi connectivity index (χ1n) is 5.81. The van der Waals surface area contributed by atoms with E-state index in [1.807, 2.05) is 0 Å². The maximum absolute atomic E-state index is 11.6. The third-order valence-electron chi connectivity index (χ3n) is 2.05. The summed E-state index contributed by atoms with van der Waals surface area (Å²) in [7, 11) is 0. The number of ketones is 1. The molecule has 0 saturated heterocycles. The number of allylic oxidation sites excluding steroid dienone is 1. The van der Waals surface area contributed by atoms with Crippen LogP contribution in [0.2, 0.25) is 0 Å². The molecule has 0 aliphatic carbocycles. The van der Waals surface area contributed by atoms with Crippen LogP contribution in [0.25, 0.3) is 0 Å². The quantitative estimate of drug-likeness (QED) is 0.196. The lowest BCUT2D eigenvalue weighted by atomic mass is 10.1. The number of Topliss-reactive ketones (excluding diaryl/α,β-unsaturated/α-hetero) is 1. The van der Waals surface area contributed by atoms with Crippen molar-refractivity contribution in [2.24, 2.45) is 0 Å². The number of hydrogen-bond acceptors (Lipinski definition) is 6. The third kappa shape index (κ3) is 5.37. The van der Waals surface area contributed by atoms with Crippen molar-refractivity contribution in [3.63, 3.8) is 0 Å². The predicted molar refractivity (Wildman–Crippen MR) is 67.4 cm³/mol. The number of carbonyl (C=O) groups excluding carboxylic acids is 3. The van der Waals surface area contributed by atoms with E-state index in [2.05, 4.69) is 0 Å². The first kappa shape index (κ1) is 16.9. The zero-order chi connectivity index (χ0) is 15.0. The average molecular weight is 270 g/mol. The number of esters is 2. The Bertz CT molecular complexity index is 426. The lowest BCUT2D eigenvalue weighted by Gasteiger charge is -2.07. The van der Waals surface area contributed by atoms with Crippen LogP contribution in [-0.2, 0) is 23.9 Å². The van der Waals surface area contributed by atoms with E-state index >= 15 is 0 Å². The molecule has 0 bridgehead atoms. The highest BCUT2D eigenvalue weighted by Crippen LogP contribution is 2.11. The highest BCUT2D eigenvalue weighted by molar-refractivity contribution is 6.17. The van der Waals surface area contributed by atoms with Gasteiger partial charge >= 0.3 is 11.9 Å². The highest BCUT2D eigenvalue weighted by Gasteiger charge is 2.20. The van der Waals surface area contributed by atoms with Crippen LogP contribution in [0, 0.1) is 0 Å². The van der Waals surface area contributed by atoms with Gasteiger partial charge in [-0.2, -0.15) is 0 Å². The molecule has 0 aliphatic rings. The van der Waals surface area contributed by atoms with Gasteiger partial charge in [0.2, 0.25) is 0 Å². The number of rotatable bonds is 6. The highest BCUT2D eigenvalue weighted by atomic mass is 16.5. The Morgan fingerprint density at radius 3 is 1.84 bits per heavy atom. The van der Waals surface area contributed by atoms with E-state index < -0.39 is 17.7 Å². The smallest absolute Gasteiger partial charge is 0.341 e. The maximum atomic E-state index is 11.6. The number of hydrogen-bond donors (Lipinski definition) is 1. The van der Waals surface area contributed by atoms with E-state index in [9.17, 15) is 19.5 Å². The predicted octanol–water partition coefficient (Wildman–Crippen LogP) is 1.46. The van der Waals surface area contributed by atoms with Gasteiger partial charge in [-0.25, -0.2) is 9.59 Å². The Morgan fingerprint density at radius 2 is 1.47 bits per heavy atom. The van der Waals surface area contributed by atoms with Crippen LogP contribution in [0.4, 0.5) is 0 Å². The first-order chi connectivity index (χ1) is 8.84. The number of aliphatic hydroxyl groups excluding tert-OH is 1. The molecule has 0 unspecified atom stereocenters. The van der Waals surface area contributed by atoms with Crippen molar-refractivity contribution in [1.29, 1.82) is 0 Å². The fraction of sp³-hybridized carbons (Fsp3) is 0.462. The van der Waals surface area contributed by atoms with E-state index in [1.165, 1.54) is 6.92 Å². The van der Waals surface area contributed by atoms with Gasteiger partial charge in [0.1, 0.15) is 11.3 Å². The molecule has 0 aromatic heterocycles. The summed E-state index contributed by atoms with van der Waals surface area (Å²) in [6, 6.07) is 0. The van der Waals surface area contributed by atoms with Gasteiger partial charge in [-0.05, 0) is 33.8 Å². The van der Waals surface area contributed by atoms with Crippen molar-refractivity contribution < 1.29 is 29.0 Å². The normalized spacial score (nSPS) is 12.5. The van der Waals surface area contributed by atoms with Crippen LogP contribution >= 0.6 is 0 Å². The lowest BCUT2D eigenvalue weighted by molar-refractivity contribution is -0.139. The number of carbonyl (C=O) groups is 3. The van der Waals surface area contributed by atoms with Crippen molar-refractivity contribution in [3.05, 3.63) is 23.0 Å². The van der Waals surface area contributed by atoms with E-state index in [4.69, 9.17) is 9.47 Å². The number of aliphatic hydroxyl groups is 1. The molecule has 0 rings (SSSR count). The fourth-order valence-corrected chi connectivity index (χ4v) is 1.18. The van der Waals surface area contributed by atoms with Gasteiger partial charge in [0, 0.05) is 0 Å². The minimum atomic E-state index is -0.849. The molecule has 0 heterocycles. The zero-order valence-corrected chi connectivity index (χ0v) is 11.5.